The molecule has 0 aliphatic carbocycles. The van der Waals surface area contributed by atoms with Crippen molar-refractivity contribution in [2.75, 3.05) is 0 Å². The van der Waals surface area contributed by atoms with E-state index in [4.69, 9.17) is 0 Å². The summed E-state index contributed by atoms with van der Waals surface area (Å²) in [5, 5.41) is 23.0. The molecule has 0 aliphatic heterocycles. The van der Waals surface area contributed by atoms with Gasteiger partial charge in [-0.05, 0) is 157 Å². The first kappa shape index (κ1) is 39.7. The van der Waals surface area contributed by atoms with Crippen LogP contribution in [0.1, 0.15) is 0 Å². The van der Waals surface area contributed by atoms with E-state index in [0.29, 0.717) is 0 Å². The minimum atomic E-state index is 1.15. The number of thiophene rings is 1. The fraction of sp³-hybridized carbons (Fsp3) is 0. The molecule has 0 bridgehead atoms. The second-order valence-corrected chi connectivity index (χ2v) is 20.5. The molecular weight excluding hydrogens is 887 g/mol. The predicted molar refractivity (Wildman–Crippen MR) is 313 cm³/mol. The van der Waals surface area contributed by atoms with Crippen molar-refractivity contribution >= 4 is 129 Å². The van der Waals surface area contributed by atoms with Gasteiger partial charge in [-0.15, -0.1) is 11.3 Å². The highest BCUT2D eigenvalue weighted by Gasteiger charge is 2.23. The van der Waals surface area contributed by atoms with Gasteiger partial charge in [-0.2, -0.15) is 0 Å². The van der Waals surface area contributed by atoms with Crippen LogP contribution in [-0.2, 0) is 0 Å². The minimum Gasteiger partial charge on any atom is -0.309 e. The van der Waals surface area contributed by atoms with Gasteiger partial charge in [0.25, 0.3) is 0 Å². The van der Waals surface area contributed by atoms with Crippen LogP contribution >= 0.6 is 11.3 Å². The van der Waals surface area contributed by atoms with E-state index in [-0.39, 0.29) is 0 Å². The highest BCUT2D eigenvalue weighted by atomic mass is 32.1. The molecule has 0 N–H and O–H groups in total. The standard InChI is InChI=1S/C70H41NS/c1-3-19-47-45(17-1)46-18-2-4-20-48(46)60-41-66-62(40-59(47)60)61-39-43(35-38-65(61)72-66)68-53-25-7-11-29-57(53)70(58-30-12-8-26-54(58)68)69-55-27-9-5-23-51(55)67(52-24-6-10-28-56(52)69)42-33-36-44(37-34-42)71-63-31-15-13-21-49(63)50-22-14-16-32-64(50)71/h1-41H. The van der Waals surface area contributed by atoms with E-state index in [9.17, 15) is 0 Å². The van der Waals surface area contributed by atoms with Crippen LogP contribution in [0.2, 0.25) is 0 Å². The van der Waals surface area contributed by atoms with Crippen molar-refractivity contribution in [1.29, 1.82) is 0 Å². The lowest BCUT2D eigenvalue weighted by Gasteiger charge is -2.22. The zero-order valence-electron chi connectivity index (χ0n) is 39.0. The van der Waals surface area contributed by atoms with E-state index in [2.05, 4.69) is 253 Å². The van der Waals surface area contributed by atoms with Crippen molar-refractivity contribution in [2.45, 2.75) is 0 Å². The number of nitrogens with zero attached hydrogens (tertiary/aromatic N) is 1. The molecule has 2 heterocycles. The third-order valence-corrected chi connectivity index (χ3v) is 16.9. The molecule has 0 aliphatic rings. The molecule has 16 rings (SSSR count). The Hall–Kier alpha value is -9.08. The van der Waals surface area contributed by atoms with Gasteiger partial charge < -0.3 is 4.57 Å². The Morgan fingerprint density at radius 1 is 0.208 bits per heavy atom. The lowest BCUT2D eigenvalue weighted by molar-refractivity contribution is 1.18. The molecule has 0 fully saturated rings. The van der Waals surface area contributed by atoms with Crippen molar-refractivity contribution in [3.8, 4) is 39.1 Å². The molecular formula is C70H41NS. The molecule has 0 unspecified atom stereocenters. The Labute approximate surface area is 418 Å². The average Bonchev–Trinajstić information content (AvgIpc) is 3.98. The monoisotopic (exact) mass is 927 g/mol. The predicted octanol–water partition coefficient (Wildman–Crippen LogP) is 20.2. The normalized spacial score (nSPS) is 12.2. The second kappa shape index (κ2) is 15.2. The van der Waals surface area contributed by atoms with Gasteiger partial charge in [0.05, 0.1) is 11.0 Å². The SMILES string of the molecule is c1ccc2c(-c3c4ccccc4c(-c4ccc5sc6cc7c8ccccc8c8ccccc8c7cc6c5c4)c4ccccc34)c3ccccc3c(-c3ccc(-n4c5ccccc5c5ccccc54)cc3)c2c1. The zero-order chi connectivity index (χ0) is 47.0. The molecule has 72 heavy (non-hydrogen) atoms. The van der Waals surface area contributed by atoms with Crippen LogP contribution in [0, 0.1) is 0 Å². The summed E-state index contributed by atoms with van der Waals surface area (Å²) in [5.41, 5.74) is 11.1. The second-order valence-electron chi connectivity index (χ2n) is 19.4. The largest absolute Gasteiger partial charge is 0.309 e. The van der Waals surface area contributed by atoms with E-state index in [0.717, 1.165) is 5.69 Å². The van der Waals surface area contributed by atoms with Gasteiger partial charge in [-0.25, -0.2) is 0 Å². The number of fused-ring (bicyclic) bond motifs is 16. The first-order valence-electron chi connectivity index (χ1n) is 24.9. The Kier molecular flexibility index (Phi) is 8.39. The number of hydrogen-bond acceptors (Lipinski definition) is 1. The molecule has 2 heteroatoms. The Balaban J connectivity index is 0.914. The molecule has 332 valence electrons. The third kappa shape index (κ3) is 5.58. The maximum atomic E-state index is 2.48. The quantitative estimate of drug-likeness (QED) is 0.122. The number of para-hydroxylation sites is 2. The summed E-state index contributed by atoms with van der Waals surface area (Å²) in [6.07, 6.45) is 0. The maximum Gasteiger partial charge on any atom is 0.0541 e. The maximum absolute atomic E-state index is 2.48. The molecule has 0 radical (unpaired) electrons. The van der Waals surface area contributed by atoms with Crippen LogP contribution in [0.4, 0.5) is 0 Å². The minimum absolute atomic E-state index is 1.15. The number of rotatable bonds is 4. The van der Waals surface area contributed by atoms with E-state index in [1.165, 1.54) is 151 Å². The van der Waals surface area contributed by atoms with Crippen LogP contribution in [0.5, 0.6) is 0 Å². The number of benzene rings is 14. The molecule has 0 saturated heterocycles. The highest BCUT2D eigenvalue weighted by Crippen LogP contribution is 2.51. The average molecular weight is 928 g/mol. The molecule has 2 aromatic heterocycles. The Bertz CT molecular complexity index is 4810. The summed E-state index contributed by atoms with van der Waals surface area (Å²) in [4.78, 5) is 0. The molecule has 0 amide bonds. The fourth-order valence-corrected chi connectivity index (χ4v) is 13.8. The van der Waals surface area contributed by atoms with Gasteiger partial charge in [0.2, 0.25) is 0 Å². The van der Waals surface area contributed by atoms with Gasteiger partial charge in [0.15, 0.2) is 0 Å². The number of aromatic nitrogens is 1. The smallest absolute Gasteiger partial charge is 0.0541 e. The lowest BCUT2D eigenvalue weighted by Crippen LogP contribution is -1.95. The van der Waals surface area contributed by atoms with Gasteiger partial charge in [-0.1, -0.05) is 200 Å². The van der Waals surface area contributed by atoms with Crippen molar-refractivity contribution in [2.24, 2.45) is 0 Å². The Morgan fingerprint density at radius 3 is 1.00 bits per heavy atom. The van der Waals surface area contributed by atoms with Gasteiger partial charge in [0.1, 0.15) is 0 Å². The first-order valence-corrected chi connectivity index (χ1v) is 25.7. The number of hydrogen-bond donors (Lipinski definition) is 0. The molecule has 0 spiro atoms. The summed E-state index contributed by atoms with van der Waals surface area (Å²) >= 11 is 1.90. The van der Waals surface area contributed by atoms with E-state index in [1.807, 2.05) is 11.3 Å². The molecule has 16 aromatic rings. The topological polar surface area (TPSA) is 4.93 Å². The van der Waals surface area contributed by atoms with Crippen LogP contribution in [-0.4, -0.2) is 4.57 Å². The van der Waals surface area contributed by atoms with E-state index in [1.54, 1.807) is 0 Å². The van der Waals surface area contributed by atoms with Gasteiger partial charge >= 0.3 is 0 Å². The molecule has 0 atom stereocenters. The Morgan fingerprint density at radius 2 is 0.542 bits per heavy atom. The van der Waals surface area contributed by atoms with Crippen LogP contribution in [0.3, 0.4) is 0 Å². The first-order chi connectivity index (χ1) is 35.7. The molecule has 14 aromatic carbocycles. The van der Waals surface area contributed by atoms with Crippen LogP contribution in [0.15, 0.2) is 249 Å². The molecule has 0 saturated carbocycles. The van der Waals surface area contributed by atoms with Crippen molar-refractivity contribution < 1.29 is 0 Å². The van der Waals surface area contributed by atoms with Crippen molar-refractivity contribution in [1.82, 2.24) is 4.57 Å². The lowest BCUT2D eigenvalue weighted by atomic mass is 9.81. The van der Waals surface area contributed by atoms with Crippen molar-refractivity contribution in [3.63, 3.8) is 0 Å². The van der Waals surface area contributed by atoms with E-state index >= 15 is 0 Å². The third-order valence-electron chi connectivity index (χ3n) is 15.7. The van der Waals surface area contributed by atoms with E-state index < -0.39 is 0 Å². The zero-order valence-corrected chi connectivity index (χ0v) is 39.8. The van der Waals surface area contributed by atoms with Gasteiger partial charge in [-0.3, -0.25) is 0 Å². The summed E-state index contributed by atoms with van der Waals surface area (Å²) in [6, 6.07) is 93.1. The fourth-order valence-electron chi connectivity index (χ4n) is 12.7. The highest BCUT2D eigenvalue weighted by molar-refractivity contribution is 7.25. The summed E-state index contributed by atoms with van der Waals surface area (Å²) < 4.78 is 5.03. The van der Waals surface area contributed by atoms with Gasteiger partial charge in [0, 0.05) is 36.6 Å². The van der Waals surface area contributed by atoms with Crippen molar-refractivity contribution in [3.05, 3.63) is 249 Å². The molecule has 1 nitrogen and oxygen atoms in total. The summed E-state index contributed by atoms with van der Waals surface area (Å²) in [7, 11) is 0. The summed E-state index contributed by atoms with van der Waals surface area (Å²) in [5.74, 6) is 0. The van der Waals surface area contributed by atoms with Crippen LogP contribution in [0.25, 0.3) is 156 Å². The van der Waals surface area contributed by atoms with Crippen LogP contribution < -0.4 is 0 Å². The summed E-state index contributed by atoms with van der Waals surface area (Å²) in [6.45, 7) is 0.